The van der Waals surface area contributed by atoms with Gasteiger partial charge < -0.3 is 10.1 Å². The molecule has 6 nitrogen and oxygen atoms in total. The Labute approximate surface area is 107 Å². The maximum Gasteiger partial charge on any atom is 0.156 e. The standard InChI is InChI=1S/C12H19N5O/c1-10-11(9-13-6-8-18-3)12(16(2)15-10)17-7-4-5-14-17/h4-5,7,13H,6,8-9H2,1-3H3. The smallest absolute Gasteiger partial charge is 0.156 e. The Hall–Kier alpha value is -1.66. The van der Waals surface area contributed by atoms with Gasteiger partial charge in [-0.15, -0.1) is 0 Å². The molecule has 18 heavy (non-hydrogen) atoms. The van der Waals surface area contributed by atoms with Crippen LogP contribution in [0.15, 0.2) is 18.5 Å². The number of rotatable bonds is 6. The number of methoxy groups -OCH3 is 1. The minimum Gasteiger partial charge on any atom is -0.383 e. The third kappa shape index (κ3) is 2.60. The van der Waals surface area contributed by atoms with Crippen molar-refractivity contribution in [1.29, 1.82) is 0 Å². The maximum atomic E-state index is 5.02. The van der Waals surface area contributed by atoms with Crippen LogP contribution in [0.25, 0.3) is 5.82 Å². The lowest BCUT2D eigenvalue weighted by Gasteiger charge is -2.08. The van der Waals surface area contributed by atoms with Gasteiger partial charge in [0.2, 0.25) is 0 Å². The molecule has 0 unspecified atom stereocenters. The molecular formula is C12H19N5O. The van der Waals surface area contributed by atoms with Gasteiger partial charge in [-0.25, -0.2) is 4.68 Å². The van der Waals surface area contributed by atoms with Gasteiger partial charge >= 0.3 is 0 Å². The number of nitrogens with zero attached hydrogens (tertiary/aromatic N) is 4. The molecule has 0 atom stereocenters. The Bertz CT molecular complexity index is 489. The molecule has 0 aliphatic heterocycles. The van der Waals surface area contributed by atoms with E-state index in [-0.39, 0.29) is 0 Å². The molecule has 0 aromatic carbocycles. The molecule has 0 radical (unpaired) electrons. The fourth-order valence-corrected chi connectivity index (χ4v) is 1.97. The maximum absolute atomic E-state index is 5.02. The Morgan fingerprint density at radius 1 is 1.44 bits per heavy atom. The number of nitrogens with one attached hydrogen (secondary N) is 1. The molecule has 0 fully saturated rings. The van der Waals surface area contributed by atoms with Gasteiger partial charge in [0.05, 0.1) is 12.3 Å². The molecule has 0 saturated heterocycles. The first kappa shape index (κ1) is 12.8. The van der Waals surface area contributed by atoms with E-state index in [0.29, 0.717) is 6.61 Å². The van der Waals surface area contributed by atoms with Crippen molar-refractivity contribution in [3.05, 3.63) is 29.7 Å². The summed E-state index contributed by atoms with van der Waals surface area (Å²) in [5.41, 5.74) is 2.19. The Balaban J connectivity index is 2.18. The van der Waals surface area contributed by atoms with Crippen LogP contribution in [0.5, 0.6) is 0 Å². The summed E-state index contributed by atoms with van der Waals surface area (Å²) in [4.78, 5) is 0. The van der Waals surface area contributed by atoms with Gasteiger partial charge in [0.25, 0.3) is 0 Å². The number of hydrogen-bond donors (Lipinski definition) is 1. The van der Waals surface area contributed by atoms with Crippen LogP contribution in [0.4, 0.5) is 0 Å². The highest BCUT2D eigenvalue weighted by Crippen LogP contribution is 2.16. The fourth-order valence-electron chi connectivity index (χ4n) is 1.97. The average molecular weight is 249 g/mol. The van der Waals surface area contributed by atoms with Gasteiger partial charge in [0.1, 0.15) is 0 Å². The van der Waals surface area contributed by atoms with Crippen molar-refractivity contribution in [2.24, 2.45) is 7.05 Å². The van der Waals surface area contributed by atoms with E-state index in [1.807, 2.05) is 35.6 Å². The normalized spacial score (nSPS) is 11.1. The van der Waals surface area contributed by atoms with Crippen LogP contribution >= 0.6 is 0 Å². The molecule has 0 aliphatic carbocycles. The Kier molecular flexibility index (Phi) is 4.11. The Morgan fingerprint density at radius 3 is 2.94 bits per heavy atom. The molecule has 6 heteroatoms. The molecule has 0 bridgehead atoms. The zero-order chi connectivity index (χ0) is 13.0. The van der Waals surface area contributed by atoms with Crippen LogP contribution in [0, 0.1) is 6.92 Å². The van der Waals surface area contributed by atoms with E-state index >= 15 is 0 Å². The van der Waals surface area contributed by atoms with Gasteiger partial charge in [0, 0.05) is 45.2 Å². The van der Waals surface area contributed by atoms with Gasteiger partial charge in [-0.2, -0.15) is 10.2 Å². The van der Waals surface area contributed by atoms with E-state index < -0.39 is 0 Å². The first-order valence-electron chi connectivity index (χ1n) is 5.96. The third-order valence-electron chi connectivity index (χ3n) is 2.82. The summed E-state index contributed by atoms with van der Waals surface area (Å²) >= 11 is 0. The van der Waals surface area contributed by atoms with Crippen LogP contribution in [0.3, 0.4) is 0 Å². The van der Waals surface area contributed by atoms with Crippen LogP contribution < -0.4 is 5.32 Å². The van der Waals surface area contributed by atoms with E-state index in [0.717, 1.165) is 30.2 Å². The second-order valence-corrected chi connectivity index (χ2v) is 4.13. The van der Waals surface area contributed by atoms with Crippen molar-refractivity contribution < 1.29 is 4.74 Å². The van der Waals surface area contributed by atoms with Gasteiger partial charge in [-0.3, -0.25) is 4.68 Å². The summed E-state index contributed by atoms with van der Waals surface area (Å²) in [6.45, 7) is 4.30. The lowest BCUT2D eigenvalue weighted by molar-refractivity contribution is 0.199. The molecule has 2 aromatic heterocycles. The molecule has 98 valence electrons. The Morgan fingerprint density at radius 2 is 2.28 bits per heavy atom. The van der Waals surface area contributed by atoms with Crippen molar-refractivity contribution in [1.82, 2.24) is 24.9 Å². The first-order chi connectivity index (χ1) is 8.74. The number of hydrogen-bond acceptors (Lipinski definition) is 4. The monoisotopic (exact) mass is 249 g/mol. The van der Waals surface area contributed by atoms with E-state index in [1.165, 1.54) is 0 Å². The predicted molar refractivity (Wildman–Crippen MR) is 68.6 cm³/mol. The summed E-state index contributed by atoms with van der Waals surface area (Å²) in [6, 6.07) is 1.91. The summed E-state index contributed by atoms with van der Waals surface area (Å²) in [7, 11) is 3.63. The SMILES string of the molecule is COCCNCc1c(C)nn(C)c1-n1cccn1. The van der Waals surface area contributed by atoms with Crippen LogP contribution in [0.1, 0.15) is 11.3 Å². The lowest BCUT2D eigenvalue weighted by Crippen LogP contribution is -2.20. The summed E-state index contributed by atoms with van der Waals surface area (Å²) in [5.74, 6) is 1.00. The average Bonchev–Trinajstić information content (AvgIpc) is 2.93. The van der Waals surface area contributed by atoms with Crippen molar-refractivity contribution in [2.45, 2.75) is 13.5 Å². The van der Waals surface area contributed by atoms with E-state index in [9.17, 15) is 0 Å². The van der Waals surface area contributed by atoms with Gasteiger partial charge in [-0.1, -0.05) is 0 Å². The summed E-state index contributed by atoms with van der Waals surface area (Å²) in [5, 5.41) is 12.1. The summed E-state index contributed by atoms with van der Waals surface area (Å²) < 4.78 is 8.71. The zero-order valence-electron chi connectivity index (χ0n) is 11.1. The molecule has 2 rings (SSSR count). The summed E-state index contributed by atoms with van der Waals surface area (Å²) in [6.07, 6.45) is 3.69. The quantitative estimate of drug-likeness (QED) is 0.764. The van der Waals surface area contributed by atoms with Crippen molar-refractivity contribution in [3.8, 4) is 5.82 Å². The van der Waals surface area contributed by atoms with Crippen LogP contribution in [-0.2, 0) is 18.3 Å². The van der Waals surface area contributed by atoms with E-state index in [4.69, 9.17) is 4.74 Å². The molecule has 1 N–H and O–H groups in total. The second-order valence-electron chi connectivity index (χ2n) is 4.13. The molecule has 0 amide bonds. The number of aryl methyl sites for hydroxylation is 2. The predicted octanol–water partition coefficient (Wildman–Crippen LogP) is 0.650. The molecule has 0 spiro atoms. The van der Waals surface area contributed by atoms with E-state index in [2.05, 4.69) is 15.5 Å². The largest absolute Gasteiger partial charge is 0.383 e. The molecule has 2 heterocycles. The van der Waals surface area contributed by atoms with Gasteiger partial charge in [-0.05, 0) is 13.0 Å². The van der Waals surface area contributed by atoms with Crippen molar-refractivity contribution >= 4 is 0 Å². The minimum absolute atomic E-state index is 0.705. The molecular weight excluding hydrogens is 230 g/mol. The fraction of sp³-hybridized carbons (Fsp3) is 0.500. The van der Waals surface area contributed by atoms with Crippen LogP contribution in [-0.4, -0.2) is 39.8 Å². The molecule has 0 saturated carbocycles. The highest BCUT2D eigenvalue weighted by Gasteiger charge is 2.14. The van der Waals surface area contributed by atoms with E-state index in [1.54, 1.807) is 13.3 Å². The first-order valence-corrected chi connectivity index (χ1v) is 5.96. The second kappa shape index (κ2) is 5.79. The molecule has 0 aliphatic rings. The van der Waals surface area contributed by atoms with Crippen molar-refractivity contribution in [2.75, 3.05) is 20.3 Å². The van der Waals surface area contributed by atoms with Gasteiger partial charge in [0.15, 0.2) is 5.82 Å². The highest BCUT2D eigenvalue weighted by atomic mass is 16.5. The van der Waals surface area contributed by atoms with Crippen LogP contribution in [0.2, 0.25) is 0 Å². The topological polar surface area (TPSA) is 56.9 Å². The highest BCUT2D eigenvalue weighted by molar-refractivity contribution is 5.37. The third-order valence-corrected chi connectivity index (χ3v) is 2.82. The zero-order valence-corrected chi connectivity index (χ0v) is 11.1. The number of aromatic nitrogens is 4. The number of ether oxygens (including phenoxy) is 1. The lowest BCUT2D eigenvalue weighted by atomic mass is 10.2. The minimum atomic E-state index is 0.705. The van der Waals surface area contributed by atoms with Crippen molar-refractivity contribution in [3.63, 3.8) is 0 Å². The molecule has 2 aromatic rings.